The Morgan fingerprint density at radius 2 is 1.13 bits per heavy atom. The molecule has 12 rings (SSSR count). The molecule has 2 unspecified atom stereocenters. The molecule has 0 spiro atoms. The highest BCUT2D eigenvalue weighted by Gasteiger charge is 2.62. The summed E-state index contributed by atoms with van der Waals surface area (Å²) in [6.07, 6.45) is 4.54. The van der Waals surface area contributed by atoms with Gasteiger partial charge in [-0.3, -0.25) is 0 Å². The van der Waals surface area contributed by atoms with E-state index >= 15 is 0 Å². The van der Waals surface area contributed by atoms with Crippen LogP contribution in [0.2, 0.25) is 0 Å². The lowest BCUT2D eigenvalue weighted by Gasteiger charge is -2.53. The molecule has 6 heteroatoms. The molecule has 2 aliphatic carbocycles. The summed E-state index contributed by atoms with van der Waals surface area (Å²) < 4.78 is 29.9. The molecule has 0 radical (unpaired) electrons. The Kier molecular flexibility index (Phi) is 9.25. The molecule has 2 atom stereocenters. The van der Waals surface area contributed by atoms with E-state index in [1.54, 1.807) is 0 Å². The lowest BCUT2D eigenvalue weighted by molar-refractivity contribution is 0.195. The summed E-state index contributed by atoms with van der Waals surface area (Å²) in [6, 6.07) is 42.3. The molecule has 0 amide bonds. The molecule has 0 N–H and O–H groups in total. The summed E-state index contributed by atoms with van der Waals surface area (Å²) >= 11 is 0. The van der Waals surface area contributed by atoms with Crippen molar-refractivity contribution in [2.45, 2.75) is 136 Å². The maximum absolute atomic E-state index is 14.9. The van der Waals surface area contributed by atoms with Crippen LogP contribution in [0.3, 0.4) is 0 Å². The largest absolute Gasteiger partial charge is 0.335 e. The Morgan fingerprint density at radius 1 is 0.551 bits per heavy atom. The molecule has 7 aromatic rings. The molecule has 0 bridgehead atoms. The fraction of sp³-hybridized carbons (Fsp3) is 0.333. The fourth-order valence-corrected chi connectivity index (χ4v) is 13.8. The van der Waals surface area contributed by atoms with Crippen LogP contribution >= 0.6 is 0 Å². The third-order valence-corrected chi connectivity index (χ3v) is 17.6. The van der Waals surface area contributed by atoms with Crippen molar-refractivity contribution in [2.24, 2.45) is 0 Å². The zero-order chi connectivity index (χ0) is 48.5. The summed E-state index contributed by atoms with van der Waals surface area (Å²) in [6.45, 7) is 28.5. The monoisotopic (exact) mass is 912 g/mol. The van der Waals surface area contributed by atoms with E-state index in [-0.39, 0.29) is 45.5 Å². The molecular weight excluding hydrogens is 848 g/mol. The lowest BCUT2D eigenvalue weighted by Crippen LogP contribution is -2.65. The van der Waals surface area contributed by atoms with E-state index in [1.165, 1.54) is 120 Å². The van der Waals surface area contributed by atoms with Crippen LogP contribution in [0.5, 0.6) is 0 Å². The minimum atomic E-state index is -0.319. The molecule has 69 heavy (non-hydrogen) atoms. The topological polar surface area (TPSA) is 9.72 Å². The summed E-state index contributed by atoms with van der Waals surface area (Å²) in [7, 11) is 0. The highest BCUT2D eigenvalue weighted by Crippen LogP contribution is 2.64. The number of fused-ring (bicyclic) bond motifs is 11. The third kappa shape index (κ3) is 6.02. The molecule has 1 fully saturated rings. The zero-order valence-electron chi connectivity index (χ0n) is 42.6. The van der Waals surface area contributed by atoms with Gasteiger partial charge >= 0.3 is 0 Å². The highest BCUT2D eigenvalue weighted by molar-refractivity contribution is 7.00. The van der Waals surface area contributed by atoms with Crippen molar-refractivity contribution in [3.05, 3.63) is 172 Å². The van der Waals surface area contributed by atoms with E-state index in [0.717, 1.165) is 42.0 Å². The number of nitrogens with zero attached hydrogens (tertiary/aromatic N) is 3. The van der Waals surface area contributed by atoms with Gasteiger partial charge in [0.05, 0.1) is 16.9 Å². The number of hydrogen-bond donors (Lipinski definition) is 0. The van der Waals surface area contributed by atoms with E-state index in [2.05, 4.69) is 171 Å². The van der Waals surface area contributed by atoms with E-state index in [9.17, 15) is 8.78 Å². The molecule has 348 valence electrons. The normalized spacial score (nSPS) is 20.2. The molecule has 0 aromatic heterocycles. The number of hydrogen-bond acceptors (Lipinski definition) is 3. The zero-order valence-corrected chi connectivity index (χ0v) is 42.6. The van der Waals surface area contributed by atoms with Crippen LogP contribution in [0, 0.1) is 25.5 Å². The Balaban J connectivity index is 1.28. The van der Waals surface area contributed by atoms with Gasteiger partial charge in [0.25, 0.3) is 6.71 Å². The fourth-order valence-electron chi connectivity index (χ4n) is 13.8. The second-order valence-corrected chi connectivity index (χ2v) is 24.1. The van der Waals surface area contributed by atoms with Gasteiger partial charge in [-0.05, 0) is 172 Å². The predicted molar refractivity (Wildman–Crippen MR) is 288 cm³/mol. The van der Waals surface area contributed by atoms with Gasteiger partial charge in [0.2, 0.25) is 0 Å². The molecule has 1 saturated carbocycles. The Hall–Kier alpha value is -6.14. The second kappa shape index (κ2) is 14.5. The molecule has 7 aromatic carbocycles. The first-order valence-electron chi connectivity index (χ1n) is 25.3. The van der Waals surface area contributed by atoms with Crippen molar-refractivity contribution in [3.8, 4) is 11.1 Å². The van der Waals surface area contributed by atoms with Crippen LogP contribution in [-0.4, -0.2) is 12.3 Å². The van der Waals surface area contributed by atoms with Crippen molar-refractivity contribution >= 4 is 68.6 Å². The Bertz CT molecular complexity index is 3250. The number of aryl methyl sites for hydroxylation is 2. The minimum Gasteiger partial charge on any atom is -0.335 e. The number of rotatable bonds is 4. The van der Waals surface area contributed by atoms with Crippen LogP contribution in [0.25, 0.3) is 11.1 Å². The van der Waals surface area contributed by atoms with Gasteiger partial charge in [0.15, 0.2) is 0 Å². The number of halogens is 2. The Labute approximate surface area is 409 Å². The van der Waals surface area contributed by atoms with E-state index in [0.29, 0.717) is 0 Å². The van der Waals surface area contributed by atoms with Crippen molar-refractivity contribution < 1.29 is 8.78 Å². The maximum Gasteiger partial charge on any atom is 0.252 e. The van der Waals surface area contributed by atoms with Crippen LogP contribution in [-0.2, 0) is 21.7 Å². The maximum atomic E-state index is 14.9. The first-order valence-corrected chi connectivity index (χ1v) is 25.3. The van der Waals surface area contributed by atoms with E-state index in [1.807, 2.05) is 24.3 Å². The molecular formula is C63H64BF2N3. The van der Waals surface area contributed by atoms with Crippen LogP contribution in [0.15, 0.2) is 121 Å². The van der Waals surface area contributed by atoms with Crippen molar-refractivity contribution in [1.82, 2.24) is 0 Å². The van der Waals surface area contributed by atoms with Gasteiger partial charge in [0, 0.05) is 45.0 Å². The van der Waals surface area contributed by atoms with Crippen molar-refractivity contribution in [1.29, 1.82) is 0 Å². The van der Waals surface area contributed by atoms with Gasteiger partial charge in [-0.1, -0.05) is 136 Å². The SMILES string of the molecule is Cc1cc(C(C)(C)C)cc(C)c1N1c2cc(N(c3ccc(F)cc3)c3ccc(F)cc3)cc3c2B(c2ccc4c(c21)C(C)(C)c1ccccc1-4)c1cc(C(C)(C)C)cc2c1N3C1(C)CCCCC21C. The average molecular weight is 912 g/mol. The highest BCUT2D eigenvalue weighted by atomic mass is 19.1. The average Bonchev–Trinajstić information content (AvgIpc) is 3.66. The lowest BCUT2D eigenvalue weighted by atomic mass is 9.33. The summed E-state index contributed by atoms with van der Waals surface area (Å²) in [5, 5.41) is 0. The molecule has 3 nitrogen and oxygen atoms in total. The van der Waals surface area contributed by atoms with Crippen molar-refractivity contribution in [3.63, 3.8) is 0 Å². The standard InChI is InChI=1S/C63H64BF2N3/c1-37-31-39(59(3,4)5)32-38(2)56(37)68-52-35-45(67(43-23-19-41(65)20-24-43)44-25-21-42(66)22-26-44)36-53-55(52)64(50-28-27-47-46-17-13-14-18-48(46)61(9,10)54(47)58(50)68)51-34-40(60(6,7)8)33-49-57(51)69(53)63(12)30-16-15-29-62(49,63)11/h13-14,17-28,31-36H,15-16,29-30H2,1-12H3. The quantitative estimate of drug-likeness (QED) is 0.163. The predicted octanol–water partition coefficient (Wildman–Crippen LogP) is 15.3. The van der Waals surface area contributed by atoms with Gasteiger partial charge in [-0.15, -0.1) is 0 Å². The van der Waals surface area contributed by atoms with Crippen LogP contribution < -0.4 is 31.1 Å². The van der Waals surface area contributed by atoms with Crippen LogP contribution in [0.4, 0.5) is 54.3 Å². The molecule has 5 aliphatic rings. The molecule has 3 aliphatic heterocycles. The Morgan fingerprint density at radius 3 is 1.75 bits per heavy atom. The van der Waals surface area contributed by atoms with Gasteiger partial charge in [0.1, 0.15) is 11.6 Å². The minimum absolute atomic E-state index is 0.0439. The molecule has 3 heterocycles. The summed E-state index contributed by atoms with van der Waals surface area (Å²) in [4.78, 5) is 7.67. The first kappa shape index (κ1) is 44.1. The first-order chi connectivity index (χ1) is 32.6. The summed E-state index contributed by atoms with van der Waals surface area (Å²) in [5.41, 5.74) is 23.9. The summed E-state index contributed by atoms with van der Waals surface area (Å²) in [5.74, 6) is -0.599. The van der Waals surface area contributed by atoms with E-state index < -0.39 is 0 Å². The van der Waals surface area contributed by atoms with Gasteiger partial charge in [-0.2, -0.15) is 0 Å². The number of anilines is 8. The van der Waals surface area contributed by atoms with E-state index in [4.69, 9.17) is 0 Å². The smallest absolute Gasteiger partial charge is 0.252 e. The second-order valence-electron chi connectivity index (χ2n) is 24.1. The molecule has 0 saturated heterocycles. The van der Waals surface area contributed by atoms with Crippen LogP contribution in [0.1, 0.15) is 134 Å². The third-order valence-electron chi connectivity index (χ3n) is 17.6. The van der Waals surface area contributed by atoms with Crippen molar-refractivity contribution in [2.75, 3.05) is 14.7 Å². The van der Waals surface area contributed by atoms with Gasteiger partial charge < -0.3 is 14.7 Å². The van der Waals surface area contributed by atoms with Gasteiger partial charge in [-0.25, -0.2) is 8.78 Å². The number of benzene rings is 7.